The molecule has 0 aliphatic rings. The van der Waals surface area contributed by atoms with E-state index in [4.69, 9.17) is 16.1 Å². The number of anilines is 2. The summed E-state index contributed by atoms with van der Waals surface area (Å²) in [5.41, 5.74) is 7.04. The molecule has 0 spiro atoms. The number of amides is 1. The maximum atomic E-state index is 10.4. The van der Waals surface area contributed by atoms with Crippen molar-refractivity contribution < 1.29 is 9.90 Å². The van der Waals surface area contributed by atoms with Gasteiger partial charge in [-0.1, -0.05) is 0 Å². The number of rotatable bonds is 2. The van der Waals surface area contributed by atoms with Crippen LogP contribution in [0.3, 0.4) is 0 Å². The average molecular weight is 317 g/mol. The molecular formula is C9H8IN3O2. The Hall–Kier alpha value is -1.49. The molecule has 0 saturated carbocycles. The molecule has 0 aliphatic carbocycles. The molecule has 0 atom stereocenters. The fourth-order valence-corrected chi connectivity index (χ4v) is 1.76. The van der Waals surface area contributed by atoms with Gasteiger partial charge in [-0.15, -0.1) is 0 Å². The number of carboxylic acid groups (broad SMARTS) is 1. The largest absolute Gasteiger partial charge is 0.465 e. The van der Waals surface area contributed by atoms with E-state index < -0.39 is 6.09 Å². The lowest BCUT2D eigenvalue weighted by molar-refractivity contribution is 0.210. The van der Waals surface area contributed by atoms with E-state index in [1.165, 1.54) is 0 Å². The lowest BCUT2D eigenvalue weighted by Gasteiger charge is -2.08. The van der Waals surface area contributed by atoms with Crippen LogP contribution in [-0.2, 0) is 6.42 Å². The first-order valence-electron chi connectivity index (χ1n) is 3.99. The van der Waals surface area contributed by atoms with Gasteiger partial charge in [0.05, 0.1) is 23.9 Å². The predicted molar refractivity (Wildman–Crippen MR) is 64.5 cm³/mol. The molecule has 4 N–H and O–H groups in total. The van der Waals surface area contributed by atoms with E-state index in [2.05, 4.69) is 27.9 Å². The van der Waals surface area contributed by atoms with Gasteiger partial charge in [-0.3, -0.25) is 5.32 Å². The summed E-state index contributed by atoms with van der Waals surface area (Å²) in [5.74, 6) is 0. The van der Waals surface area contributed by atoms with Crippen molar-refractivity contribution in [2.24, 2.45) is 0 Å². The summed E-state index contributed by atoms with van der Waals surface area (Å²) in [7, 11) is 0. The molecule has 1 rings (SSSR count). The minimum atomic E-state index is -1.18. The van der Waals surface area contributed by atoms with Gasteiger partial charge >= 0.3 is 6.09 Å². The molecule has 0 fully saturated rings. The molecule has 0 aliphatic heterocycles. The molecule has 15 heavy (non-hydrogen) atoms. The Morgan fingerprint density at radius 2 is 2.33 bits per heavy atom. The first-order chi connectivity index (χ1) is 7.04. The van der Waals surface area contributed by atoms with Gasteiger partial charge in [-0.25, -0.2) is 4.79 Å². The van der Waals surface area contributed by atoms with Crippen molar-refractivity contribution in [3.8, 4) is 6.07 Å². The highest BCUT2D eigenvalue weighted by Gasteiger charge is 2.07. The molecule has 78 valence electrons. The maximum Gasteiger partial charge on any atom is 0.409 e. The molecule has 6 heteroatoms. The van der Waals surface area contributed by atoms with Crippen LogP contribution in [0, 0.1) is 14.9 Å². The van der Waals surface area contributed by atoms with Crippen LogP contribution in [0.5, 0.6) is 0 Å². The SMILES string of the molecule is N#CCc1cc(NC(=O)O)c(N)cc1I. The molecule has 0 bridgehead atoms. The fourth-order valence-electron chi connectivity index (χ4n) is 1.08. The Bertz CT molecular complexity index is 440. The number of nitrogens with zero attached hydrogens (tertiary/aromatic N) is 1. The van der Waals surface area contributed by atoms with Crippen molar-refractivity contribution >= 4 is 40.1 Å². The van der Waals surface area contributed by atoms with Gasteiger partial charge in [0.25, 0.3) is 0 Å². The fraction of sp³-hybridized carbons (Fsp3) is 0.111. The van der Waals surface area contributed by atoms with Crippen molar-refractivity contribution in [1.29, 1.82) is 5.26 Å². The predicted octanol–water partition coefficient (Wildman–Crippen LogP) is 2.03. The van der Waals surface area contributed by atoms with Crippen molar-refractivity contribution in [3.05, 3.63) is 21.3 Å². The van der Waals surface area contributed by atoms with Crippen LogP contribution < -0.4 is 11.1 Å². The summed E-state index contributed by atoms with van der Waals surface area (Å²) in [6, 6.07) is 5.22. The summed E-state index contributed by atoms with van der Waals surface area (Å²) < 4.78 is 0.850. The molecule has 5 nitrogen and oxygen atoms in total. The second-order valence-corrected chi connectivity index (χ2v) is 3.96. The number of nitrogens with one attached hydrogen (secondary N) is 1. The van der Waals surface area contributed by atoms with Crippen LogP contribution in [0.4, 0.5) is 16.2 Å². The van der Waals surface area contributed by atoms with Crippen LogP contribution >= 0.6 is 22.6 Å². The number of hydrogen-bond acceptors (Lipinski definition) is 3. The molecule has 0 heterocycles. The third kappa shape index (κ3) is 2.99. The van der Waals surface area contributed by atoms with E-state index in [0.29, 0.717) is 11.4 Å². The zero-order valence-electron chi connectivity index (χ0n) is 7.62. The normalized spacial score (nSPS) is 9.33. The van der Waals surface area contributed by atoms with Gasteiger partial charge < -0.3 is 10.8 Å². The standard InChI is InChI=1S/C9H8IN3O2/c10-6-4-7(12)8(13-9(14)15)3-5(6)1-2-11/h3-4,13H,1,12H2,(H,14,15). The highest BCUT2D eigenvalue weighted by atomic mass is 127. The first-order valence-corrected chi connectivity index (χ1v) is 5.07. The van der Waals surface area contributed by atoms with Crippen LogP contribution in [0.25, 0.3) is 0 Å². The minimum Gasteiger partial charge on any atom is -0.465 e. The van der Waals surface area contributed by atoms with Crippen LogP contribution in [0.2, 0.25) is 0 Å². The molecular weight excluding hydrogens is 309 g/mol. The molecule has 0 unspecified atom stereocenters. The monoisotopic (exact) mass is 317 g/mol. The van der Waals surface area contributed by atoms with Crippen molar-refractivity contribution in [2.75, 3.05) is 11.1 Å². The van der Waals surface area contributed by atoms with Crippen molar-refractivity contribution in [2.45, 2.75) is 6.42 Å². The number of nitrogens with two attached hydrogens (primary N) is 1. The van der Waals surface area contributed by atoms with Crippen molar-refractivity contribution in [3.63, 3.8) is 0 Å². The van der Waals surface area contributed by atoms with Crippen LogP contribution in [0.1, 0.15) is 5.56 Å². The number of nitrogen functional groups attached to an aromatic ring is 1. The van der Waals surface area contributed by atoms with Gasteiger partial charge in [0, 0.05) is 3.57 Å². The topological polar surface area (TPSA) is 99.1 Å². The summed E-state index contributed by atoms with van der Waals surface area (Å²) >= 11 is 2.05. The highest BCUT2D eigenvalue weighted by Crippen LogP contribution is 2.25. The Morgan fingerprint density at radius 1 is 1.67 bits per heavy atom. The van der Waals surface area contributed by atoms with Gasteiger partial charge in [0.1, 0.15) is 0 Å². The minimum absolute atomic E-state index is 0.229. The van der Waals surface area contributed by atoms with E-state index in [1.54, 1.807) is 12.1 Å². The molecule has 0 saturated heterocycles. The zero-order chi connectivity index (χ0) is 11.4. The van der Waals surface area contributed by atoms with E-state index in [1.807, 2.05) is 6.07 Å². The van der Waals surface area contributed by atoms with E-state index in [-0.39, 0.29) is 6.42 Å². The second kappa shape index (κ2) is 4.84. The number of nitriles is 1. The zero-order valence-corrected chi connectivity index (χ0v) is 9.78. The first kappa shape index (κ1) is 11.6. The van der Waals surface area contributed by atoms with Crippen LogP contribution in [0.15, 0.2) is 12.1 Å². The summed E-state index contributed by atoms with van der Waals surface area (Å²) in [4.78, 5) is 10.4. The Labute approximate surface area is 100 Å². The van der Waals surface area contributed by atoms with E-state index in [9.17, 15) is 4.79 Å². The summed E-state index contributed by atoms with van der Waals surface area (Å²) in [6.07, 6.45) is -0.946. The van der Waals surface area contributed by atoms with E-state index >= 15 is 0 Å². The van der Waals surface area contributed by atoms with Gasteiger partial charge in [-0.2, -0.15) is 5.26 Å². The molecule has 1 aromatic rings. The third-order valence-corrected chi connectivity index (χ3v) is 2.73. The number of carbonyl (C=O) groups is 1. The third-order valence-electron chi connectivity index (χ3n) is 1.73. The lowest BCUT2D eigenvalue weighted by Crippen LogP contribution is -2.10. The molecule has 0 aromatic heterocycles. The van der Waals surface area contributed by atoms with Crippen molar-refractivity contribution in [1.82, 2.24) is 0 Å². The van der Waals surface area contributed by atoms with Gasteiger partial charge in [-0.05, 0) is 40.3 Å². The second-order valence-electron chi connectivity index (χ2n) is 2.80. The Balaban J connectivity index is 3.12. The highest BCUT2D eigenvalue weighted by molar-refractivity contribution is 14.1. The molecule has 1 amide bonds. The molecule has 0 radical (unpaired) electrons. The Morgan fingerprint density at radius 3 is 2.87 bits per heavy atom. The van der Waals surface area contributed by atoms with Gasteiger partial charge in [0.15, 0.2) is 0 Å². The van der Waals surface area contributed by atoms with Gasteiger partial charge in [0.2, 0.25) is 0 Å². The summed E-state index contributed by atoms with van der Waals surface area (Å²) in [6.45, 7) is 0. The number of hydrogen-bond donors (Lipinski definition) is 3. The molecule has 1 aromatic carbocycles. The van der Waals surface area contributed by atoms with Crippen LogP contribution in [-0.4, -0.2) is 11.2 Å². The van der Waals surface area contributed by atoms with E-state index in [0.717, 1.165) is 9.13 Å². The quantitative estimate of drug-likeness (QED) is 0.574. The number of halogens is 1. The summed E-state index contributed by atoms with van der Waals surface area (Å²) in [5, 5.41) is 19.3. The number of benzene rings is 1. The Kier molecular flexibility index (Phi) is 3.74. The smallest absolute Gasteiger partial charge is 0.409 e. The maximum absolute atomic E-state index is 10.4. The lowest BCUT2D eigenvalue weighted by atomic mass is 10.1. The average Bonchev–Trinajstić information content (AvgIpc) is 2.12.